The van der Waals surface area contributed by atoms with Gasteiger partial charge in [-0.05, 0) is 44.4 Å². The minimum Gasteiger partial charge on any atom is -0.352 e. The van der Waals surface area contributed by atoms with Gasteiger partial charge in [-0.3, -0.25) is 9.59 Å². The van der Waals surface area contributed by atoms with E-state index in [1.165, 1.54) is 0 Å². The third-order valence-electron chi connectivity index (χ3n) is 3.57. The van der Waals surface area contributed by atoms with Crippen LogP contribution in [0.1, 0.15) is 36.5 Å². The molecule has 0 radical (unpaired) electrons. The Kier molecular flexibility index (Phi) is 4.74. The van der Waals surface area contributed by atoms with Gasteiger partial charge in [0.05, 0.1) is 0 Å². The Bertz CT molecular complexity index is 502. The van der Waals surface area contributed by atoms with Crippen LogP contribution in [0.25, 0.3) is 0 Å². The van der Waals surface area contributed by atoms with E-state index in [2.05, 4.69) is 10.6 Å². The van der Waals surface area contributed by atoms with Gasteiger partial charge in [-0.15, -0.1) is 0 Å². The first-order valence-electron chi connectivity index (χ1n) is 7.05. The van der Waals surface area contributed by atoms with Crippen molar-refractivity contribution in [3.05, 3.63) is 29.8 Å². The number of hydrogen-bond acceptors (Lipinski definition) is 3. The van der Waals surface area contributed by atoms with Gasteiger partial charge < -0.3 is 16.4 Å². The first-order chi connectivity index (χ1) is 9.60. The van der Waals surface area contributed by atoms with Gasteiger partial charge in [0.25, 0.3) is 5.91 Å². The Morgan fingerprint density at radius 1 is 1.35 bits per heavy atom. The van der Waals surface area contributed by atoms with E-state index in [1.54, 1.807) is 24.3 Å². The monoisotopic (exact) mass is 275 g/mol. The topological polar surface area (TPSA) is 84.2 Å². The van der Waals surface area contributed by atoms with Crippen molar-refractivity contribution in [3.8, 4) is 0 Å². The van der Waals surface area contributed by atoms with Crippen LogP contribution in [0, 0.1) is 5.92 Å². The largest absolute Gasteiger partial charge is 0.352 e. The van der Waals surface area contributed by atoms with Gasteiger partial charge in [0.1, 0.15) is 0 Å². The zero-order valence-corrected chi connectivity index (χ0v) is 11.7. The summed E-state index contributed by atoms with van der Waals surface area (Å²) in [6, 6.07) is 7.10. The normalized spacial score (nSPS) is 21.5. The van der Waals surface area contributed by atoms with Gasteiger partial charge in [-0.2, -0.15) is 0 Å². The van der Waals surface area contributed by atoms with E-state index in [0.29, 0.717) is 17.8 Å². The quantitative estimate of drug-likeness (QED) is 0.778. The molecule has 20 heavy (non-hydrogen) atoms. The molecule has 0 aromatic heterocycles. The zero-order valence-electron chi connectivity index (χ0n) is 11.7. The molecule has 2 atom stereocenters. The van der Waals surface area contributed by atoms with Crippen LogP contribution in [0.3, 0.4) is 0 Å². The van der Waals surface area contributed by atoms with Crippen molar-refractivity contribution in [1.29, 1.82) is 0 Å². The third-order valence-corrected chi connectivity index (χ3v) is 3.57. The molecule has 1 fully saturated rings. The summed E-state index contributed by atoms with van der Waals surface area (Å²) >= 11 is 0. The minimum atomic E-state index is -0.133. The molecule has 1 aliphatic carbocycles. The van der Waals surface area contributed by atoms with Crippen molar-refractivity contribution in [2.45, 2.75) is 32.2 Å². The van der Waals surface area contributed by atoms with E-state index in [1.807, 2.05) is 6.92 Å². The van der Waals surface area contributed by atoms with Gasteiger partial charge in [-0.25, -0.2) is 0 Å². The standard InChI is InChI=1S/C15H21N3O2/c1-2-17-14(19)10-4-3-5-13(9-10)18-15(20)11-6-7-12(16)8-11/h3-5,9,11-12H,2,6-8,16H2,1H3,(H,17,19)(H,18,20). The molecule has 2 amide bonds. The van der Waals surface area contributed by atoms with E-state index in [-0.39, 0.29) is 23.8 Å². The Labute approximate surface area is 118 Å². The number of hydrogen-bond donors (Lipinski definition) is 3. The molecular weight excluding hydrogens is 254 g/mol. The molecule has 2 unspecified atom stereocenters. The molecule has 0 spiro atoms. The van der Waals surface area contributed by atoms with Crippen LogP contribution in [0.4, 0.5) is 5.69 Å². The van der Waals surface area contributed by atoms with Gasteiger partial charge >= 0.3 is 0 Å². The highest BCUT2D eigenvalue weighted by Crippen LogP contribution is 2.25. The fourth-order valence-corrected chi connectivity index (χ4v) is 2.50. The van der Waals surface area contributed by atoms with Crippen LogP contribution in [-0.4, -0.2) is 24.4 Å². The van der Waals surface area contributed by atoms with Gasteiger partial charge in [0, 0.05) is 29.8 Å². The Hall–Kier alpha value is -1.88. The highest BCUT2D eigenvalue weighted by atomic mass is 16.2. The van der Waals surface area contributed by atoms with E-state index >= 15 is 0 Å². The smallest absolute Gasteiger partial charge is 0.251 e. The molecule has 4 N–H and O–H groups in total. The van der Waals surface area contributed by atoms with Crippen molar-refractivity contribution < 1.29 is 9.59 Å². The summed E-state index contributed by atoms with van der Waals surface area (Å²) in [5, 5.41) is 5.60. The minimum absolute atomic E-state index is 0.00833. The molecule has 1 aromatic rings. The summed E-state index contributed by atoms with van der Waals surface area (Å²) < 4.78 is 0. The second-order valence-electron chi connectivity index (χ2n) is 5.20. The molecule has 2 rings (SSSR count). The van der Waals surface area contributed by atoms with Gasteiger partial charge in [0.15, 0.2) is 0 Å². The molecule has 5 nitrogen and oxygen atoms in total. The van der Waals surface area contributed by atoms with Crippen molar-refractivity contribution in [1.82, 2.24) is 5.32 Å². The third kappa shape index (κ3) is 3.57. The van der Waals surface area contributed by atoms with Crippen molar-refractivity contribution in [3.63, 3.8) is 0 Å². The van der Waals surface area contributed by atoms with E-state index in [9.17, 15) is 9.59 Å². The highest BCUT2D eigenvalue weighted by Gasteiger charge is 2.27. The van der Waals surface area contributed by atoms with Crippen molar-refractivity contribution >= 4 is 17.5 Å². The van der Waals surface area contributed by atoms with Crippen LogP contribution >= 0.6 is 0 Å². The molecule has 0 saturated heterocycles. The van der Waals surface area contributed by atoms with Crippen molar-refractivity contribution in [2.24, 2.45) is 11.7 Å². The van der Waals surface area contributed by atoms with Crippen LogP contribution in [0.2, 0.25) is 0 Å². The molecule has 1 aliphatic rings. The number of benzene rings is 1. The molecule has 0 aliphatic heterocycles. The second kappa shape index (κ2) is 6.52. The van der Waals surface area contributed by atoms with E-state index in [4.69, 9.17) is 5.73 Å². The van der Waals surface area contributed by atoms with E-state index < -0.39 is 0 Å². The second-order valence-corrected chi connectivity index (χ2v) is 5.20. The SMILES string of the molecule is CCNC(=O)c1cccc(NC(=O)C2CCC(N)C2)c1. The zero-order chi connectivity index (χ0) is 14.5. The lowest BCUT2D eigenvalue weighted by molar-refractivity contribution is -0.119. The summed E-state index contributed by atoms with van der Waals surface area (Å²) in [7, 11) is 0. The first kappa shape index (κ1) is 14.5. The number of anilines is 1. The Morgan fingerprint density at radius 3 is 2.80 bits per heavy atom. The lowest BCUT2D eigenvalue weighted by Crippen LogP contribution is -2.24. The van der Waals surface area contributed by atoms with Crippen LogP contribution in [0.15, 0.2) is 24.3 Å². The Morgan fingerprint density at radius 2 is 2.15 bits per heavy atom. The number of carbonyl (C=O) groups excluding carboxylic acids is 2. The predicted molar refractivity (Wildman–Crippen MR) is 78.4 cm³/mol. The summed E-state index contributed by atoms with van der Waals surface area (Å²) in [6.07, 6.45) is 2.47. The molecule has 0 heterocycles. The summed E-state index contributed by atoms with van der Waals surface area (Å²) in [4.78, 5) is 23.8. The molecule has 5 heteroatoms. The van der Waals surface area contributed by atoms with Crippen LogP contribution < -0.4 is 16.4 Å². The fourth-order valence-electron chi connectivity index (χ4n) is 2.50. The van der Waals surface area contributed by atoms with Crippen LogP contribution in [0.5, 0.6) is 0 Å². The summed E-state index contributed by atoms with van der Waals surface area (Å²) in [5.74, 6) is -0.157. The maximum Gasteiger partial charge on any atom is 0.251 e. The number of rotatable bonds is 4. The number of nitrogens with two attached hydrogens (primary N) is 1. The molecule has 1 saturated carbocycles. The molecule has 108 valence electrons. The molecule has 1 aromatic carbocycles. The fraction of sp³-hybridized carbons (Fsp3) is 0.467. The maximum absolute atomic E-state index is 12.1. The number of carbonyl (C=O) groups is 2. The first-order valence-corrected chi connectivity index (χ1v) is 7.05. The van der Waals surface area contributed by atoms with Crippen molar-refractivity contribution in [2.75, 3.05) is 11.9 Å². The number of nitrogens with one attached hydrogen (secondary N) is 2. The number of amides is 2. The lowest BCUT2D eigenvalue weighted by atomic mass is 10.1. The van der Waals surface area contributed by atoms with E-state index in [0.717, 1.165) is 19.3 Å². The molecular formula is C15H21N3O2. The Balaban J connectivity index is 2.00. The maximum atomic E-state index is 12.1. The average molecular weight is 275 g/mol. The van der Waals surface area contributed by atoms with Gasteiger partial charge in [-0.1, -0.05) is 6.07 Å². The molecule has 0 bridgehead atoms. The van der Waals surface area contributed by atoms with Gasteiger partial charge in [0.2, 0.25) is 5.91 Å². The average Bonchev–Trinajstić information content (AvgIpc) is 2.86. The predicted octanol–water partition coefficient (Wildman–Crippen LogP) is 1.50. The summed E-state index contributed by atoms with van der Waals surface area (Å²) in [6.45, 7) is 2.45. The summed E-state index contributed by atoms with van der Waals surface area (Å²) in [5.41, 5.74) is 7.02. The lowest BCUT2D eigenvalue weighted by Gasteiger charge is -2.11. The van der Waals surface area contributed by atoms with Crippen LogP contribution in [-0.2, 0) is 4.79 Å². The highest BCUT2D eigenvalue weighted by molar-refractivity contribution is 5.97.